The van der Waals surface area contributed by atoms with E-state index in [1.54, 1.807) is 17.7 Å². The van der Waals surface area contributed by atoms with Crippen LogP contribution in [-0.2, 0) is 25.5 Å². The number of primary amides is 1. The maximum Gasteiger partial charge on any atom is 0.328 e. The van der Waals surface area contributed by atoms with Crippen molar-refractivity contribution in [2.24, 2.45) is 16.9 Å². The molecule has 2 aromatic rings. The second-order valence-corrected chi connectivity index (χ2v) is 10.9. The Morgan fingerprint density at radius 1 is 1.17 bits per heavy atom. The zero-order chi connectivity index (χ0) is 31.4. The number of carboxylic acid groups (broad SMARTS) is 2. The van der Waals surface area contributed by atoms with Crippen LogP contribution in [0.1, 0.15) is 71.6 Å². The molecule has 4 rings (SSSR count). The van der Waals surface area contributed by atoms with Crippen molar-refractivity contribution in [3.8, 4) is 5.69 Å². The summed E-state index contributed by atoms with van der Waals surface area (Å²) < 4.78 is 22.2. The maximum atomic E-state index is 15.2. The zero-order valence-electron chi connectivity index (χ0n) is 23.5. The van der Waals surface area contributed by atoms with Gasteiger partial charge in [0.2, 0.25) is 0 Å². The number of nitrogens with zero attached hydrogens (tertiary/aromatic N) is 2. The average Bonchev–Trinajstić information content (AvgIpc) is 3.44. The number of Topliss-reactive ketones (excluding diaryl/α,β-unsaturated/α-hetero) is 1. The molecule has 0 spiro atoms. The molecule has 1 heterocycles. The zero-order valence-corrected chi connectivity index (χ0v) is 23.5. The number of esters is 1. The van der Waals surface area contributed by atoms with E-state index in [-0.39, 0.29) is 35.0 Å². The van der Waals surface area contributed by atoms with Gasteiger partial charge in [0.25, 0.3) is 5.91 Å². The van der Waals surface area contributed by atoms with Crippen LogP contribution in [0.5, 0.6) is 0 Å². The third-order valence-electron chi connectivity index (χ3n) is 6.90. The highest BCUT2D eigenvalue weighted by Gasteiger charge is 2.36. The van der Waals surface area contributed by atoms with Gasteiger partial charge in [-0.3, -0.25) is 14.4 Å². The minimum Gasteiger partial charge on any atom is -0.478 e. The first-order valence-corrected chi connectivity index (χ1v) is 13.2. The predicted octanol–water partition coefficient (Wildman–Crippen LogP) is 2.12. The van der Waals surface area contributed by atoms with Crippen LogP contribution in [0.25, 0.3) is 5.69 Å². The molecule has 13 nitrogen and oxygen atoms in total. The van der Waals surface area contributed by atoms with Gasteiger partial charge in [-0.05, 0) is 44.1 Å². The molecule has 1 aromatic carbocycles. The number of hydrogen-bond donors (Lipinski definition) is 5. The van der Waals surface area contributed by atoms with Crippen LogP contribution in [0.3, 0.4) is 0 Å². The normalized spacial score (nSPS) is 19.0. The number of ether oxygens (including phenoxy) is 1. The van der Waals surface area contributed by atoms with Crippen LogP contribution < -0.4 is 16.8 Å². The molecule has 0 aliphatic heterocycles. The lowest BCUT2D eigenvalue weighted by molar-refractivity contribution is -0.147. The standard InChI is InChI=1S/C24H30FN5O4.C4H4O4/c1-12-21-17(9-24(2,3)10-18(21)31)30(29-12)13-7-14(25)22(23(27)33)16(8-13)28-15-5-4-6-19(15)34-20(32)11-26;5-3(6)1-2-4(7)8/h7-8,15,19,28H,4-6,9-11,26H2,1-3H3,(H2,27,33);1-2H,(H,5,6)(H,7,8)/b;2-1-/t15-,19-;/m0./s1. The highest BCUT2D eigenvalue weighted by Crippen LogP contribution is 2.38. The van der Waals surface area contributed by atoms with Gasteiger partial charge in [-0.25, -0.2) is 18.7 Å². The number of nitrogens with two attached hydrogens (primary N) is 2. The van der Waals surface area contributed by atoms with Crippen molar-refractivity contribution in [3.05, 3.63) is 52.6 Å². The third kappa shape index (κ3) is 7.57. The number of carboxylic acids is 2. The number of nitrogens with one attached hydrogen (secondary N) is 1. The first-order chi connectivity index (χ1) is 19.6. The molecule has 42 heavy (non-hydrogen) atoms. The van der Waals surface area contributed by atoms with Gasteiger partial charge in [0.05, 0.1) is 46.5 Å². The van der Waals surface area contributed by atoms with Crippen molar-refractivity contribution in [2.45, 2.75) is 65.0 Å². The highest BCUT2D eigenvalue weighted by atomic mass is 19.1. The first kappa shape index (κ1) is 31.9. The Bertz CT molecular complexity index is 1430. The molecule has 0 saturated heterocycles. The Balaban J connectivity index is 0.000000531. The van der Waals surface area contributed by atoms with Crippen LogP contribution in [0, 0.1) is 18.2 Å². The Morgan fingerprint density at radius 3 is 2.38 bits per heavy atom. The number of fused-ring (bicyclic) bond motifs is 1. The SMILES string of the molecule is Cc1nn(-c2cc(F)c(C(N)=O)c(N[C@H]3CCC[C@@H]3OC(=O)CN)c2)c2c1C(=O)CC(C)(C)C2.O=C(O)/C=C\C(=O)O. The van der Waals surface area contributed by atoms with Crippen LogP contribution in [-0.4, -0.2) is 68.3 Å². The Labute approximate surface area is 240 Å². The van der Waals surface area contributed by atoms with Gasteiger partial charge in [-0.2, -0.15) is 5.10 Å². The van der Waals surface area contributed by atoms with E-state index in [0.717, 1.165) is 6.42 Å². The molecule has 1 fully saturated rings. The molecule has 0 unspecified atom stereocenters. The molecule has 226 valence electrons. The summed E-state index contributed by atoms with van der Waals surface area (Å²) in [6.07, 6.45) is 3.74. The Hall–Kier alpha value is -4.59. The topological polar surface area (TPSA) is 217 Å². The number of aromatic nitrogens is 2. The molecular formula is C28H34FN5O8. The van der Waals surface area contributed by atoms with E-state index >= 15 is 4.39 Å². The van der Waals surface area contributed by atoms with E-state index in [2.05, 4.69) is 10.4 Å². The monoisotopic (exact) mass is 587 g/mol. The summed E-state index contributed by atoms with van der Waals surface area (Å²) in [6, 6.07) is 2.46. The molecule has 2 aliphatic carbocycles. The second-order valence-electron chi connectivity index (χ2n) is 10.9. The summed E-state index contributed by atoms with van der Waals surface area (Å²) in [6.45, 7) is 5.53. The number of halogens is 1. The summed E-state index contributed by atoms with van der Waals surface area (Å²) >= 11 is 0. The van der Waals surface area contributed by atoms with Gasteiger partial charge >= 0.3 is 17.9 Å². The summed E-state index contributed by atoms with van der Waals surface area (Å²) in [5.74, 6) is -4.75. The van der Waals surface area contributed by atoms with Crippen molar-refractivity contribution in [1.82, 2.24) is 9.78 Å². The van der Waals surface area contributed by atoms with Gasteiger partial charge in [0.15, 0.2) is 5.78 Å². The van der Waals surface area contributed by atoms with E-state index < -0.39 is 35.7 Å². The molecule has 1 amide bonds. The molecule has 2 atom stereocenters. The van der Waals surface area contributed by atoms with Crippen LogP contribution in [0.4, 0.5) is 10.1 Å². The van der Waals surface area contributed by atoms with Crippen molar-refractivity contribution in [1.29, 1.82) is 0 Å². The van der Waals surface area contributed by atoms with Crippen molar-refractivity contribution >= 4 is 35.3 Å². The van der Waals surface area contributed by atoms with Gasteiger partial charge in [-0.15, -0.1) is 0 Å². The molecule has 14 heteroatoms. The van der Waals surface area contributed by atoms with Crippen LogP contribution in [0.15, 0.2) is 24.3 Å². The molecule has 1 saturated carbocycles. The predicted molar refractivity (Wildman–Crippen MR) is 148 cm³/mol. The number of carbonyl (C=O) groups is 5. The minimum absolute atomic E-state index is 0.0121. The third-order valence-corrected chi connectivity index (χ3v) is 6.90. The van der Waals surface area contributed by atoms with Crippen LogP contribution >= 0.6 is 0 Å². The van der Waals surface area contributed by atoms with Gasteiger partial charge in [0, 0.05) is 24.6 Å². The number of rotatable bonds is 8. The highest BCUT2D eigenvalue weighted by molar-refractivity contribution is 6.00. The number of ketones is 1. The molecule has 0 radical (unpaired) electrons. The van der Waals surface area contributed by atoms with E-state index in [1.165, 1.54) is 6.07 Å². The van der Waals surface area contributed by atoms with E-state index in [9.17, 15) is 24.0 Å². The van der Waals surface area contributed by atoms with E-state index in [4.69, 9.17) is 26.4 Å². The number of amides is 1. The fraction of sp³-hybridized carbons (Fsp3) is 0.429. The van der Waals surface area contributed by atoms with Gasteiger partial charge in [-0.1, -0.05) is 13.8 Å². The fourth-order valence-electron chi connectivity index (χ4n) is 5.22. The first-order valence-electron chi connectivity index (χ1n) is 13.2. The van der Waals surface area contributed by atoms with Crippen molar-refractivity contribution in [2.75, 3.05) is 11.9 Å². The summed E-state index contributed by atoms with van der Waals surface area (Å²) in [5, 5.41) is 23.3. The average molecular weight is 588 g/mol. The molecular weight excluding hydrogens is 553 g/mol. The minimum atomic E-state index is -1.26. The van der Waals surface area contributed by atoms with E-state index in [1.807, 2.05) is 13.8 Å². The van der Waals surface area contributed by atoms with Crippen molar-refractivity contribution in [3.63, 3.8) is 0 Å². The second kappa shape index (κ2) is 12.9. The van der Waals surface area contributed by atoms with Gasteiger partial charge < -0.3 is 31.7 Å². The number of hydrogen-bond acceptors (Lipinski definition) is 9. The smallest absolute Gasteiger partial charge is 0.328 e. The largest absolute Gasteiger partial charge is 0.478 e. The summed E-state index contributed by atoms with van der Waals surface area (Å²) in [5.41, 5.74) is 12.7. The number of benzene rings is 1. The lowest BCUT2D eigenvalue weighted by Crippen LogP contribution is -2.35. The fourth-order valence-corrected chi connectivity index (χ4v) is 5.22. The summed E-state index contributed by atoms with van der Waals surface area (Å²) in [7, 11) is 0. The van der Waals surface area contributed by atoms with Gasteiger partial charge in [0.1, 0.15) is 11.9 Å². The Morgan fingerprint density at radius 2 is 1.81 bits per heavy atom. The lowest BCUT2D eigenvalue weighted by Gasteiger charge is -2.29. The molecule has 0 bridgehead atoms. The molecule has 7 N–H and O–H groups in total. The summed E-state index contributed by atoms with van der Waals surface area (Å²) in [4.78, 5) is 55.7. The molecule has 2 aliphatic rings. The lowest BCUT2D eigenvalue weighted by atomic mass is 9.75. The van der Waals surface area contributed by atoms with Crippen LogP contribution in [0.2, 0.25) is 0 Å². The number of aliphatic carboxylic acids is 2. The maximum absolute atomic E-state index is 15.2. The Kier molecular flexibility index (Phi) is 9.83. The number of aryl methyl sites for hydroxylation is 1. The number of carbonyl (C=O) groups excluding carboxylic acids is 3. The number of anilines is 1. The van der Waals surface area contributed by atoms with E-state index in [0.29, 0.717) is 60.5 Å². The van der Waals surface area contributed by atoms with Crippen molar-refractivity contribution < 1.29 is 43.3 Å². The molecule has 1 aromatic heterocycles. The quantitative estimate of drug-likeness (QED) is 0.222.